The van der Waals surface area contributed by atoms with Gasteiger partial charge >= 0.3 is 0 Å². The Balaban J connectivity index is 2.62. The van der Waals surface area contributed by atoms with E-state index in [-0.39, 0.29) is 11.8 Å². The van der Waals surface area contributed by atoms with Gasteiger partial charge in [0.15, 0.2) is 0 Å². The first-order valence-electron chi connectivity index (χ1n) is 6.03. The molecule has 6 nitrogen and oxygen atoms in total. The minimum atomic E-state index is -0.554. The largest absolute Gasteiger partial charge is 0.397 e. The number of aromatic amines is 1. The highest BCUT2D eigenvalue weighted by Crippen LogP contribution is 2.05. The second-order valence-corrected chi connectivity index (χ2v) is 4.05. The van der Waals surface area contributed by atoms with E-state index in [1.807, 2.05) is 13.8 Å². The molecule has 0 aliphatic heterocycles. The molecule has 0 aliphatic rings. The predicted molar refractivity (Wildman–Crippen MR) is 70.1 cm³/mol. The maximum atomic E-state index is 12.0. The van der Waals surface area contributed by atoms with Crippen LogP contribution >= 0.6 is 0 Å². The van der Waals surface area contributed by atoms with Crippen molar-refractivity contribution in [3.05, 3.63) is 18.0 Å². The molecule has 1 aromatic rings. The number of hydrogen-bond donors (Lipinski definition) is 3. The summed E-state index contributed by atoms with van der Waals surface area (Å²) in [5.41, 5.74) is 6.35. The van der Waals surface area contributed by atoms with Gasteiger partial charge in [0.25, 0.3) is 5.91 Å². The Morgan fingerprint density at radius 2 is 2.06 bits per heavy atom. The van der Waals surface area contributed by atoms with E-state index >= 15 is 0 Å². The summed E-state index contributed by atoms with van der Waals surface area (Å²) in [7, 11) is 0. The predicted octanol–water partition coefficient (Wildman–Crippen LogP) is 0.584. The van der Waals surface area contributed by atoms with E-state index in [9.17, 15) is 9.59 Å². The summed E-state index contributed by atoms with van der Waals surface area (Å²) in [5.74, 6) is -0.424. The Kier molecular flexibility index (Phi) is 4.76. The first-order chi connectivity index (χ1) is 8.49. The molecular weight excluding hydrogens is 232 g/mol. The molecule has 100 valence electrons. The molecule has 1 rings (SSSR count). The zero-order valence-corrected chi connectivity index (χ0v) is 11.0. The molecular formula is C12H20N4O2. The minimum Gasteiger partial charge on any atom is -0.397 e. The summed E-state index contributed by atoms with van der Waals surface area (Å²) < 4.78 is 0. The van der Waals surface area contributed by atoms with Gasteiger partial charge in [-0.3, -0.25) is 9.59 Å². The van der Waals surface area contributed by atoms with Gasteiger partial charge < -0.3 is 20.9 Å². The SMILES string of the molecule is CCN(CC)C(=O)C(C)NC(=O)c1cc(N)c[nH]1. The quantitative estimate of drug-likeness (QED) is 0.716. The maximum Gasteiger partial charge on any atom is 0.268 e. The first kappa shape index (κ1) is 14.1. The van der Waals surface area contributed by atoms with E-state index in [2.05, 4.69) is 10.3 Å². The molecule has 1 heterocycles. The highest BCUT2D eigenvalue weighted by Gasteiger charge is 2.20. The highest BCUT2D eigenvalue weighted by atomic mass is 16.2. The number of nitrogens with zero attached hydrogens (tertiary/aromatic N) is 1. The fourth-order valence-corrected chi connectivity index (χ4v) is 1.69. The molecule has 2 amide bonds. The van der Waals surface area contributed by atoms with Gasteiger partial charge in [-0.05, 0) is 26.8 Å². The lowest BCUT2D eigenvalue weighted by Gasteiger charge is -2.23. The van der Waals surface area contributed by atoms with E-state index in [1.54, 1.807) is 11.8 Å². The summed E-state index contributed by atoms with van der Waals surface area (Å²) in [5, 5.41) is 2.64. The van der Waals surface area contributed by atoms with Gasteiger partial charge in [0.05, 0.1) is 0 Å². The number of nitrogens with two attached hydrogens (primary N) is 1. The molecule has 0 aliphatic carbocycles. The van der Waals surface area contributed by atoms with E-state index in [0.29, 0.717) is 24.5 Å². The van der Waals surface area contributed by atoms with Crippen LogP contribution < -0.4 is 11.1 Å². The van der Waals surface area contributed by atoms with E-state index in [4.69, 9.17) is 5.73 Å². The van der Waals surface area contributed by atoms with Crippen LogP contribution in [0, 0.1) is 0 Å². The van der Waals surface area contributed by atoms with Crippen LogP contribution in [0.15, 0.2) is 12.3 Å². The zero-order chi connectivity index (χ0) is 13.7. The number of hydrogen-bond acceptors (Lipinski definition) is 3. The van der Waals surface area contributed by atoms with Crippen molar-refractivity contribution in [1.82, 2.24) is 15.2 Å². The Labute approximate surface area is 107 Å². The average Bonchev–Trinajstić information content (AvgIpc) is 2.77. The van der Waals surface area contributed by atoms with Crippen molar-refractivity contribution in [2.45, 2.75) is 26.8 Å². The Morgan fingerprint density at radius 1 is 1.44 bits per heavy atom. The Hall–Kier alpha value is -1.98. The molecule has 1 atom stereocenters. The number of likely N-dealkylation sites (N-methyl/N-ethyl adjacent to an activating group) is 1. The lowest BCUT2D eigenvalue weighted by Crippen LogP contribution is -2.46. The van der Waals surface area contributed by atoms with E-state index in [1.165, 1.54) is 12.3 Å². The molecule has 4 N–H and O–H groups in total. The number of carbonyl (C=O) groups is 2. The van der Waals surface area contributed by atoms with Crippen molar-refractivity contribution in [3.8, 4) is 0 Å². The molecule has 1 aromatic heterocycles. The number of nitrogen functional groups attached to an aromatic ring is 1. The van der Waals surface area contributed by atoms with Crippen molar-refractivity contribution in [2.75, 3.05) is 18.8 Å². The summed E-state index contributed by atoms with van der Waals surface area (Å²) in [6, 6.07) is 0.978. The van der Waals surface area contributed by atoms with Crippen molar-refractivity contribution in [2.24, 2.45) is 0 Å². The Bertz CT molecular complexity index is 423. The molecule has 1 unspecified atom stereocenters. The van der Waals surface area contributed by atoms with Crippen LogP contribution in [0.4, 0.5) is 5.69 Å². The van der Waals surface area contributed by atoms with Crippen molar-refractivity contribution >= 4 is 17.5 Å². The molecule has 0 saturated carbocycles. The Morgan fingerprint density at radius 3 is 2.50 bits per heavy atom. The number of aromatic nitrogens is 1. The van der Waals surface area contributed by atoms with Crippen LogP contribution in [0.25, 0.3) is 0 Å². The van der Waals surface area contributed by atoms with Crippen LogP contribution in [0.5, 0.6) is 0 Å². The summed E-state index contributed by atoms with van der Waals surface area (Å²) in [4.78, 5) is 28.2. The lowest BCUT2D eigenvalue weighted by atomic mass is 10.2. The van der Waals surface area contributed by atoms with E-state index in [0.717, 1.165) is 0 Å². The van der Waals surface area contributed by atoms with Crippen molar-refractivity contribution < 1.29 is 9.59 Å². The topological polar surface area (TPSA) is 91.2 Å². The van der Waals surface area contributed by atoms with E-state index < -0.39 is 6.04 Å². The molecule has 0 fully saturated rings. The number of carbonyl (C=O) groups excluding carboxylic acids is 2. The maximum absolute atomic E-state index is 12.0. The third-order valence-corrected chi connectivity index (χ3v) is 2.74. The van der Waals surface area contributed by atoms with Gasteiger partial charge in [0, 0.05) is 25.0 Å². The molecule has 0 saturated heterocycles. The number of rotatable bonds is 5. The second-order valence-electron chi connectivity index (χ2n) is 4.05. The summed E-state index contributed by atoms with van der Waals surface area (Å²) in [6.45, 7) is 6.74. The molecule has 0 bridgehead atoms. The van der Waals surface area contributed by atoms with Crippen LogP contribution in [0.3, 0.4) is 0 Å². The molecule has 0 spiro atoms. The van der Waals surface area contributed by atoms with Crippen LogP contribution in [-0.4, -0.2) is 40.8 Å². The number of amides is 2. The van der Waals surface area contributed by atoms with Crippen LogP contribution in [-0.2, 0) is 4.79 Å². The number of H-pyrrole nitrogens is 1. The van der Waals surface area contributed by atoms with Crippen LogP contribution in [0.2, 0.25) is 0 Å². The summed E-state index contributed by atoms with van der Waals surface area (Å²) in [6.07, 6.45) is 1.53. The third kappa shape index (κ3) is 3.26. The fourth-order valence-electron chi connectivity index (χ4n) is 1.69. The summed E-state index contributed by atoms with van der Waals surface area (Å²) >= 11 is 0. The molecule has 0 aromatic carbocycles. The second kappa shape index (κ2) is 6.09. The number of nitrogens with one attached hydrogen (secondary N) is 2. The van der Waals surface area contributed by atoms with Crippen LogP contribution in [0.1, 0.15) is 31.3 Å². The molecule has 0 radical (unpaired) electrons. The normalized spacial score (nSPS) is 11.9. The first-order valence-corrected chi connectivity index (χ1v) is 6.03. The molecule has 6 heteroatoms. The van der Waals surface area contributed by atoms with Gasteiger partial charge in [-0.15, -0.1) is 0 Å². The lowest BCUT2D eigenvalue weighted by molar-refractivity contribution is -0.132. The standard InChI is InChI=1S/C12H20N4O2/c1-4-16(5-2)12(18)8(3)15-11(17)10-6-9(13)7-14-10/h6-8,14H,4-5,13H2,1-3H3,(H,15,17). The van der Waals surface area contributed by atoms with Crippen molar-refractivity contribution in [1.29, 1.82) is 0 Å². The number of anilines is 1. The van der Waals surface area contributed by atoms with Gasteiger partial charge in [-0.2, -0.15) is 0 Å². The van der Waals surface area contributed by atoms with Gasteiger partial charge in [0.1, 0.15) is 11.7 Å². The van der Waals surface area contributed by atoms with Gasteiger partial charge in [-0.1, -0.05) is 0 Å². The zero-order valence-electron chi connectivity index (χ0n) is 11.0. The third-order valence-electron chi connectivity index (χ3n) is 2.74. The minimum absolute atomic E-state index is 0.0899. The molecule has 18 heavy (non-hydrogen) atoms. The average molecular weight is 252 g/mol. The highest BCUT2D eigenvalue weighted by molar-refractivity contribution is 5.96. The fraction of sp³-hybridized carbons (Fsp3) is 0.500. The van der Waals surface area contributed by atoms with Gasteiger partial charge in [-0.25, -0.2) is 0 Å². The van der Waals surface area contributed by atoms with Crippen molar-refractivity contribution in [3.63, 3.8) is 0 Å². The monoisotopic (exact) mass is 252 g/mol. The smallest absolute Gasteiger partial charge is 0.268 e. The van der Waals surface area contributed by atoms with Gasteiger partial charge in [0.2, 0.25) is 5.91 Å².